The maximum absolute atomic E-state index is 5.17. The van der Waals surface area contributed by atoms with Crippen LogP contribution in [0.15, 0.2) is 10.6 Å². The zero-order valence-corrected chi connectivity index (χ0v) is 10.8. The van der Waals surface area contributed by atoms with E-state index >= 15 is 0 Å². The highest BCUT2D eigenvalue weighted by Gasteiger charge is 1.99. The third-order valence-electron chi connectivity index (χ3n) is 2.95. The van der Waals surface area contributed by atoms with Gasteiger partial charge in [-0.15, -0.1) is 0 Å². The van der Waals surface area contributed by atoms with Gasteiger partial charge in [0.2, 0.25) is 0 Å². The van der Waals surface area contributed by atoms with E-state index in [-0.39, 0.29) is 0 Å². The summed E-state index contributed by atoms with van der Waals surface area (Å²) in [4.78, 5) is 0. The van der Waals surface area contributed by atoms with E-state index < -0.39 is 0 Å². The summed E-state index contributed by atoms with van der Waals surface area (Å²) < 4.78 is 5.17. The highest BCUT2D eigenvalue weighted by atomic mass is 16.5. The Labute approximate surface area is 99.4 Å². The minimum Gasteiger partial charge on any atom is -0.361 e. The second kappa shape index (κ2) is 8.37. The van der Waals surface area contributed by atoms with Gasteiger partial charge < -0.3 is 4.52 Å². The molecule has 0 unspecified atom stereocenters. The average Bonchev–Trinajstić information content (AvgIpc) is 2.68. The van der Waals surface area contributed by atoms with Gasteiger partial charge >= 0.3 is 0 Å². The van der Waals surface area contributed by atoms with Crippen molar-refractivity contribution in [1.29, 1.82) is 0 Å². The van der Waals surface area contributed by atoms with E-state index in [1.807, 2.05) is 13.0 Å². The van der Waals surface area contributed by atoms with Crippen LogP contribution in [0, 0.1) is 6.92 Å². The second-order valence-electron chi connectivity index (χ2n) is 4.66. The van der Waals surface area contributed by atoms with E-state index in [1.165, 1.54) is 51.4 Å². The fraction of sp³-hybridized carbons (Fsp3) is 0.786. The van der Waals surface area contributed by atoms with Gasteiger partial charge in [-0.2, -0.15) is 0 Å². The Morgan fingerprint density at radius 2 is 1.62 bits per heavy atom. The van der Waals surface area contributed by atoms with Crippen LogP contribution in [0.4, 0.5) is 0 Å². The Balaban J connectivity index is 1.88. The third-order valence-corrected chi connectivity index (χ3v) is 2.95. The van der Waals surface area contributed by atoms with Gasteiger partial charge in [0.1, 0.15) is 5.76 Å². The van der Waals surface area contributed by atoms with Crippen molar-refractivity contribution in [3.63, 3.8) is 0 Å². The molecule has 1 aromatic rings. The highest BCUT2D eigenvalue weighted by Crippen LogP contribution is 2.11. The molecule has 0 saturated heterocycles. The predicted molar refractivity (Wildman–Crippen MR) is 67.6 cm³/mol. The molecule has 0 aliphatic carbocycles. The number of rotatable bonds is 9. The number of hydrogen-bond acceptors (Lipinski definition) is 2. The zero-order chi connectivity index (χ0) is 11.6. The summed E-state index contributed by atoms with van der Waals surface area (Å²) in [5.74, 6) is 1.04. The summed E-state index contributed by atoms with van der Waals surface area (Å²) >= 11 is 0. The Morgan fingerprint density at radius 1 is 1.00 bits per heavy atom. The van der Waals surface area contributed by atoms with Crippen molar-refractivity contribution >= 4 is 0 Å². The molecule has 0 atom stereocenters. The summed E-state index contributed by atoms with van der Waals surface area (Å²) in [5, 5.41) is 3.89. The van der Waals surface area contributed by atoms with Gasteiger partial charge in [-0.3, -0.25) is 0 Å². The topological polar surface area (TPSA) is 26.0 Å². The summed E-state index contributed by atoms with van der Waals surface area (Å²) in [5.41, 5.74) is 0.995. The zero-order valence-electron chi connectivity index (χ0n) is 10.8. The number of hydrogen-bond donors (Lipinski definition) is 0. The van der Waals surface area contributed by atoms with E-state index in [4.69, 9.17) is 4.52 Å². The SMILES string of the molecule is CCCCCCCCCCc1cc(C)no1. The number of aromatic nitrogens is 1. The molecule has 0 fully saturated rings. The first kappa shape index (κ1) is 13.3. The number of nitrogens with zero attached hydrogens (tertiary/aromatic N) is 1. The average molecular weight is 223 g/mol. The lowest BCUT2D eigenvalue weighted by atomic mass is 10.1. The monoisotopic (exact) mass is 223 g/mol. The van der Waals surface area contributed by atoms with Crippen LogP contribution in [0.5, 0.6) is 0 Å². The van der Waals surface area contributed by atoms with Gasteiger partial charge in [0.15, 0.2) is 0 Å². The molecular formula is C14H25NO. The molecule has 0 aliphatic heterocycles. The Morgan fingerprint density at radius 3 is 2.19 bits per heavy atom. The summed E-state index contributed by atoms with van der Waals surface area (Å²) in [6.45, 7) is 4.24. The lowest BCUT2D eigenvalue weighted by molar-refractivity contribution is 0.375. The molecule has 0 amide bonds. The minimum absolute atomic E-state index is 0.995. The van der Waals surface area contributed by atoms with Crippen molar-refractivity contribution in [3.05, 3.63) is 17.5 Å². The molecule has 0 saturated carbocycles. The fourth-order valence-corrected chi connectivity index (χ4v) is 1.97. The largest absolute Gasteiger partial charge is 0.361 e. The summed E-state index contributed by atoms with van der Waals surface area (Å²) in [6, 6.07) is 2.04. The van der Waals surface area contributed by atoms with Crippen LogP contribution in [0.3, 0.4) is 0 Å². The lowest BCUT2D eigenvalue weighted by Gasteiger charge is -2.00. The van der Waals surface area contributed by atoms with E-state index in [0.717, 1.165) is 17.9 Å². The second-order valence-corrected chi connectivity index (χ2v) is 4.66. The minimum atomic E-state index is 0.995. The van der Waals surface area contributed by atoms with Crippen LogP contribution >= 0.6 is 0 Å². The number of unbranched alkanes of at least 4 members (excludes halogenated alkanes) is 7. The van der Waals surface area contributed by atoms with Crippen molar-refractivity contribution in [2.45, 2.75) is 71.6 Å². The first-order chi connectivity index (χ1) is 7.83. The molecule has 92 valence electrons. The molecule has 0 aliphatic rings. The molecule has 2 nitrogen and oxygen atoms in total. The Kier molecular flexibility index (Phi) is 6.95. The van der Waals surface area contributed by atoms with E-state index in [9.17, 15) is 0 Å². The quantitative estimate of drug-likeness (QED) is 0.569. The van der Waals surface area contributed by atoms with Crippen LogP contribution in [0.2, 0.25) is 0 Å². The highest BCUT2D eigenvalue weighted by molar-refractivity contribution is 5.02. The first-order valence-corrected chi connectivity index (χ1v) is 6.75. The van der Waals surface area contributed by atoms with Crippen LogP contribution in [0.25, 0.3) is 0 Å². The van der Waals surface area contributed by atoms with Crippen molar-refractivity contribution in [2.24, 2.45) is 0 Å². The van der Waals surface area contributed by atoms with E-state index in [0.29, 0.717) is 0 Å². The van der Waals surface area contributed by atoms with E-state index in [1.54, 1.807) is 0 Å². The molecule has 1 aromatic heterocycles. The van der Waals surface area contributed by atoms with E-state index in [2.05, 4.69) is 12.1 Å². The van der Waals surface area contributed by atoms with Crippen LogP contribution in [-0.4, -0.2) is 5.16 Å². The lowest BCUT2D eigenvalue weighted by Crippen LogP contribution is -1.84. The molecule has 0 spiro atoms. The normalized spacial score (nSPS) is 10.9. The molecule has 1 rings (SSSR count). The van der Waals surface area contributed by atoms with Gasteiger partial charge in [-0.1, -0.05) is 57.0 Å². The van der Waals surface area contributed by atoms with Gasteiger partial charge in [0.05, 0.1) is 5.69 Å². The van der Waals surface area contributed by atoms with Crippen LogP contribution in [0.1, 0.15) is 69.7 Å². The molecule has 16 heavy (non-hydrogen) atoms. The van der Waals surface area contributed by atoms with Crippen molar-refractivity contribution in [2.75, 3.05) is 0 Å². The van der Waals surface area contributed by atoms with Gasteiger partial charge in [-0.05, 0) is 13.3 Å². The van der Waals surface area contributed by atoms with Gasteiger partial charge in [0, 0.05) is 12.5 Å². The smallest absolute Gasteiger partial charge is 0.136 e. The van der Waals surface area contributed by atoms with Gasteiger partial charge in [0.25, 0.3) is 0 Å². The first-order valence-electron chi connectivity index (χ1n) is 6.75. The molecular weight excluding hydrogens is 198 g/mol. The third kappa shape index (κ3) is 5.94. The Bertz CT molecular complexity index is 267. The Hall–Kier alpha value is -0.790. The maximum atomic E-state index is 5.17. The number of aryl methyl sites for hydroxylation is 2. The molecule has 0 radical (unpaired) electrons. The van der Waals surface area contributed by atoms with Crippen LogP contribution < -0.4 is 0 Å². The molecule has 2 heteroatoms. The summed E-state index contributed by atoms with van der Waals surface area (Å²) in [6.07, 6.45) is 11.9. The fourth-order valence-electron chi connectivity index (χ4n) is 1.97. The molecule has 1 heterocycles. The molecule has 0 aromatic carbocycles. The molecule has 0 bridgehead atoms. The standard InChI is InChI=1S/C14H25NO/c1-3-4-5-6-7-8-9-10-11-14-12-13(2)15-16-14/h12H,3-11H2,1-2H3. The van der Waals surface area contributed by atoms with Crippen molar-refractivity contribution < 1.29 is 4.52 Å². The summed E-state index contributed by atoms with van der Waals surface area (Å²) in [7, 11) is 0. The van der Waals surface area contributed by atoms with Crippen molar-refractivity contribution in [1.82, 2.24) is 5.16 Å². The molecule has 0 N–H and O–H groups in total. The predicted octanol–water partition coefficient (Wildman–Crippen LogP) is 4.67. The van der Waals surface area contributed by atoms with Crippen molar-refractivity contribution in [3.8, 4) is 0 Å². The maximum Gasteiger partial charge on any atom is 0.136 e. The van der Waals surface area contributed by atoms with Gasteiger partial charge in [-0.25, -0.2) is 0 Å². The van der Waals surface area contributed by atoms with Crippen LogP contribution in [-0.2, 0) is 6.42 Å².